The Kier molecular flexibility index (Phi) is 6.48. The molecule has 32 heavy (non-hydrogen) atoms. The lowest BCUT2D eigenvalue weighted by Crippen LogP contribution is -2.37. The number of sulfonamides is 1. The van der Waals surface area contributed by atoms with Crippen LogP contribution in [-0.2, 0) is 26.0 Å². The van der Waals surface area contributed by atoms with Crippen molar-refractivity contribution in [2.24, 2.45) is 0 Å². The van der Waals surface area contributed by atoms with E-state index in [0.29, 0.717) is 49.5 Å². The maximum absolute atomic E-state index is 13.0. The van der Waals surface area contributed by atoms with E-state index in [-0.39, 0.29) is 23.3 Å². The van der Waals surface area contributed by atoms with Crippen LogP contribution in [-0.4, -0.2) is 51.3 Å². The van der Waals surface area contributed by atoms with Gasteiger partial charge >= 0.3 is 0 Å². The molecule has 2 aromatic rings. The van der Waals surface area contributed by atoms with Gasteiger partial charge in [-0.25, -0.2) is 8.42 Å². The Bertz CT molecular complexity index is 1130. The number of amides is 2. The van der Waals surface area contributed by atoms with Crippen LogP contribution in [0.25, 0.3) is 0 Å². The first-order chi connectivity index (χ1) is 15.4. The molecular formula is C23H27N3O5S. The van der Waals surface area contributed by atoms with Crippen molar-refractivity contribution in [3.63, 3.8) is 0 Å². The molecule has 1 saturated heterocycles. The lowest BCUT2D eigenvalue weighted by atomic mass is 10.1. The fraction of sp³-hybridized carbons (Fsp3) is 0.391. The van der Waals surface area contributed by atoms with Gasteiger partial charge in [0.15, 0.2) is 0 Å². The standard InChI is InChI=1S/C23H27N3O5S/c1-31-19-8-5-7-18(15-19)24-22(27)16-26-21-11-10-20(14-17(21)6-4-9-23(26)28)32(29,30)25-12-2-3-13-25/h5,7-8,10-11,14-15H,2-4,6,9,12-13,16H2,1H3,(H,24,27). The van der Waals surface area contributed by atoms with E-state index in [2.05, 4.69) is 5.32 Å². The quantitative estimate of drug-likeness (QED) is 0.720. The topological polar surface area (TPSA) is 96.0 Å². The van der Waals surface area contributed by atoms with Crippen LogP contribution < -0.4 is 15.0 Å². The second-order valence-electron chi connectivity index (χ2n) is 8.02. The number of hydrogen-bond acceptors (Lipinski definition) is 5. The summed E-state index contributed by atoms with van der Waals surface area (Å²) in [4.78, 5) is 27.1. The van der Waals surface area contributed by atoms with Gasteiger partial charge in [-0.3, -0.25) is 9.59 Å². The molecule has 0 spiro atoms. The number of fused-ring (bicyclic) bond motifs is 1. The van der Waals surface area contributed by atoms with E-state index >= 15 is 0 Å². The molecule has 2 aromatic carbocycles. The van der Waals surface area contributed by atoms with Crippen LogP contribution in [0.1, 0.15) is 31.2 Å². The van der Waals surface area contributed by atoms with E-state index < -0.39 is 10.0 Å². The van der Waals surface area contributed by atoms with E-state index in [1.165, 1.54) is 15.3 Å². The minimum atomic E-state index is -3.55. The molecule has 0 saturated carbocycles. The zero-order valence-electron chi connectivity index (χ0n) is 18.0. The number of carbonyl (C=O) groups is 2. The smallest absolute Gasteiger partial charge is 0.244 e. The Hall–Kier alpha value is -2.91. The van der Waals surface area contributed by atoms with E-state index in [9.17, 15) is 18.0 Å². The normalized spacial score (nSPS) is 17.0. The van der Waals surface area contributed by atoms with Gasteiger partial charge < -0.3 is 15.0 Å². The van der Waals surface area contributed by atoms with E-state index in [1.54, 1.807) is 43.5 Å². The maximum atomic E-state index is 13.0. The molecule has 9 heteroatoms. The Morgan fingerprint density at radius 1 is 1.06 bits per heavy atom. The van der Waals surface area contributed by atoms with E-state index in [4.69, 9.17) is 4.74 Å². The van der Waals surface area contributed by atoms with Crippen LogP contribution in [0.2, 0.25) is 0 Å². The van der Waals surface area contributed by atoms with Crippen LogP contribution in [0, 0.1) is 0 Å². The zero-order chi connectivity index (χ0) is 22.7. The minimum Gasteiger partial charge on any atom is -0.497 e. The van der Waals surface area contributed by atoms with Crippen LogP contribution in [0.3, 0.4) is 0 Å². The second kappa shape index (κ2) is 9.30. The van der Waals surface area contributed by atoms with Crippen molar-refractivity contribution < 1.29 is 22.7 Å². The lowest BCUT2D eigenvalue weighted by molar-refractivity contribution is -0.121. The number of aryl methyl sites for hydroxylation is 1. The molecule has 1 fully saturated rings. The first kappa shape index (κ1) is 22.3. The fourth-order valence-electron chi connectivity index (χ4n) is 4.18. The van der Waals surface area contributed by atoms with Crippen molar-refractivity contribution in [2.75, 3.05) is 37.0 Å². The number of ether oxygens (including phenoxy) is 1. The van der Waals surface area contributed by atoms with Crippen molar-refractivity contribution in [1.29, 1.82) is 0 Å². The number of nitrogens with one attached hydrogen (secondary N) is 1. The maximum Gasteiger partial charge on any atom is 0.244 e. The fourth-order valence-corrected chi connectivity index (χ4v) is 5.75. The summed E-state index contributed by atoms with van der Waals surface area (Å²) in [7, 11) is -2.00. The molecule has 2 aliphatic rings. The first-order valence-electron chi connectivity index (χ1n) is 10.8. The molecule has 2 aliphatic heterocycles. The Labute approximate surface area is 188 Å². The monoisotopic (exact) mass is 457 g/mol. The second-order valence-corrected chi connectivity index (χ2v) is 9.95. The summed E-state index contributed by atoms with van der Waals surface area (Å²) >= 11 is 0. The van der Waals surface area contributed by atoms with Crippen LogP contribution in [0.4, 0.5) is 11.4 Å². The molecule has 170 valence electrons. The summed E-state index contributed by atoms with van der Waals surface area (Å²) in [6.07, 6.45) is 3.23. The summed E-state index contributed by atoms with van der Waals surface area (Å²) in [6, 6.07) is 11.8. The van der Waals surface area contributed by atoms with Gasteiger partial charge in [-0.1, -0.05) is 6.07 Å². The SMILES string of the molecule is COc1cccc(NC(=O)CN2C(=O)CCCc3cc(S(=O)(=O)N4CCCC4)ccc32)c1. The van der Waals surface area contributed by atoms with Crippen LogP contribution in [0.5, 0.6) is 5.75 Å². The van der Waals surface area contributed by atoms with Crippen molar-refractivity contribution in [3.8, 4) is 5.75 Å². The number of rotatable bonds is 6. The van der Waals surface area contributed by atoms with Crippen molar-refractivity contribution in [2.45, 2.75) is 37.0 Å². The molecular weight excluding hydrogens is 430 g/mol. The highest BCUT2D eigenvalue weighted by Crippen LogP contribution is 2.31. The molecule has 8 nitrogen and oxygen atoms in total. The molecule has 0 aromatic heterocycles. The third-order valence-electron chi connectivity index (χ3n) is 5.84. The predicted octanol–water partition coefficient (Wildman–Crippen LogP) is 2.79. The van der Waals surface area contributed by atoms with Gasteiger partial charge in [0.1, 0.15) is 12.3 Å². The Morgan fingerprint density at radius 2 is 1.84 bits per heavy atom. The molecule has 0 unspecified atom stereocenters. The Morgan fingerprint density at radius 3 is 2.59 bits per heavy atom. The largest absolute Gasteiger partial charge is 0.497 e. The molecule has 4 rings (SSSR count). The number of nitrogens with zero attached hydrogens (tertiary/aromatic N) is 2. The number of hydrogen-bond donors (Lipinski definition) is 1. The van der Waals surface area contributed by atoms with Crippen LogP contribution in [0.15, 0.2) is 47.4 Å². The zero-order valence-corrected chi connectivity index (χ0v) is 18.9. The number of methoxy groups -OCH3 is 1. The van der Waals surface area contributed by atoms with Gasteiger partial charge in [-0.05, 0) is 61.6 Å². The molecule has 0 bridgehead atoms. The molecule has 0 radical (unpaired) electrons. The van der Waals surface area contributed by atoms with Crippen molar-refractivity contribution in [3.05, 3.63) is 48.0 Å². The van der Waals surface area contributed by atoms with Gasteiger partial charge in [-0.15, -0.1) is 0 Å². The highest BCUT2D eigenvalue weighted by molar-refractivity contribution is 7.89. The highest BCUT2D eigenvalue weighted by Gasteiger charge is 2.30. The van der Waals surface area contributed by atoms with Gasteiger partial charge in [0.05, 0.1) is 12.0 Å². The first-order valence-corrected chi connectivity index (χ1v) is 12.2. The summed E-state index contributed by atoms with van der Waals surface area (Å²) in [5, 5.41) is 2.79. The lowest BCUT2D eigenvalue weighted by Gasteiger charge is -2.23. The summed E-state index contributed by atoms with van der Waals surface area (Å²) in [6.45, 7) is 0.921. The summed E-state index contributed by atoms with van der Waals surface area (Å²) in [5.74, 6) is 0.124. The van der Waals surface area contributed by atoms with Gasteiger partial charge in [0, 0.05) is 37.0 Å². The van der Waals surface area contributed by atoms with Crippen molar-refractivity contribution >= 4 is 33.2 Å². The third-order valence-corrected chi connectivity index (χ3v) is 7.73. The number of carbonyl (C=O) groups excluding carboxylic acids is 2. The number of benzene rings is 2. The van der Waals surface area contributed by atoms with Crippen molar-refractivity contribution in [1.82, 2.24) is 4.31 Å². The minimum absolute atomic E-state index is 0.152. The van der Waals surface area contributed by atoms with E-state index in [0.717, 1.165) is 18.4 Å². The third kappa shape index (κ3) is 4.63. The molecule has 2 amide bonds. The summed E-state index contributed by atoms with van der Waals surface area (Å²) in [5.41, 5.74) is 1.93. The van der Waals surface area contributed by atoms with Gasteiger partial charge in [0.2, 0.25) is 21.8 Å². The van der Waals surface area contributed by atoms with Gasteiger partial charge in [-0.2, -0.15) is 4.31 Å². The summed E-state index contributed by atoms with van der Waals surface area (Å²) < 4.78 is 32.6. The molecule has 0 aliphatic carbocycles. The predicted molar refractivity (Wildman–Crippen MR) is 121 cm³/mol. The molecule has 1 N–H and O–H groups in total. The average Bonchev–Trinajstić information content (AvgIpc) is 3.29. The van der Waals surface area contributed by atoms with Gasteiger partial charge in [0.25, 0.3) is 0 Å². The van der Waals surface area contributed by atoms with Crippen LogP contribution >= 0.6 is 0 Å². The molecule has 2 heterocycles. The van der Waals surface area contributed by atoms with E-state index in [1.807, 2.05) is 0 Å². The highest BCUT2D eigenvalue weighted by atomic mass is 32.2. The molecule has 0 atom stereocenters. The average molecular weight is 458 g/mol. The number of anilines is 2. The Balaban J connectivity index is 1.57.